The molecule has 0 fully saturated rings. The molecule has 0 bridgehead atoms. The van der Waals surface area contributed by atoms with Crippen molar-refractivity contribution in [1.82, 2.24) is 4.98 Å². The van der Waals surface area contributed by atoms with E-state index in [0.29, 0.717) is 5.69 Å². The normalized spacial score (nSPS) is 9.64. The molecule has 0 unspecified atom stereocenters. The average Bonchev–Trinajstić information content (AvgIpc) is 3.08. The Morgan fingerprint density at radius 3 is 2.18 bits per heavy atom. The summed E-state index contributed by atoms with van der Waals surface area (Å²) >= 11 is 1.74. The van der Waals surface area contributed by atoms with E-state index in [1.807, 2.05) is 32.8 Å². The Balaban J connectivity index is 0.000000921. The third-order valence-corrected chi connectivity index (χ3v) is 5.23. The van der Waals surface area contributed by atoms with E-state index in [9.17, 15) is 4.91 Å². The molecule has 0 saturated carbocycles. The van der Waals surface area contributed by atoms with E-state index in [1.165, 1.54) is 23.1 Å². The zero-order valence-corrected chi connectivity index (χ0v) is 17.9. The minimum Gasteiger partial charge on any atom is -0.333 e. The summed E-state index contributed by atoms with van der Waals surface area (Å²) in [5.74, 6) is 0. The van der Waals surface area contributed by atoms with E-state index < -0.39 is 0 Å². The molecule has 6 heteroatoms. The van der Waals surface area contributed by atoms with Crippen LogP contribution < -0.4 is 5.73 Å². The quantitative estimate of drug-likeness (QED) is 0.595. The number of aromatic nitrogens is 1. The lowest BCUT2D eigenvalue weighted by atomic mass is 10.0. The third kappa shape index (κ3) is 5.65. The molecule has 148 valence electrons. The van der Waals surface area contributed by atoms with E-state index in [0.717, 1.165) is 33.8 Å². The van der Waals surface area contributed by atoms with Crippen LogP contribution in [0.4, 0.5) is 5.69 Å². The lowest BCUT2D eigenvalue weighted by Gasteiger charge is -2.07. The number of nitrogens with zero attached hydrogens (tertiary/aromatic N) is 2. The number of carbonyl (C=O) groups is 1. The molecule has 5 nitrogen and oxygen atoms in total. The Labute approximate surface area is 170 Å². The largest absolute Gasteiger partial charge is 0.333 e. The van der Waals surface area contributed by atoms with Gasteiger partial charge in [-0.15, -0.1) is 16.2 Å². The molecule has 1 heterocycles. The molecule has 28 heavy (non-hydrogen) atoms. The van der Waals surface area contributed by atoms with Crippen LogP contribution in [-0.4, -0.2) is 18.8 Å². The fourth-order valence-electron chi connectivity index (χ4n) is 2.82. The van der Waals surface area contributed by atoms with Crippen LogP contribution in [0.2, 0.25) is 0 Å². The topological polar surface area (TPSA) is 85.4 Å². The van der Waals surface area contributed by atoms with Gasteiger partial charge >= 0.3 is 0 Å². The number of rotatable bonds is 4. The van der Waals surface area contributed by atoms with Crippen LogP contribution in [-0.2, 0) is 11.2 Å². The van der Waals surface area contributed by atoms with Gasteiger partial charge in [0.05, 0.1) is 10.7 Å². The number of hydrogen-bond acceptors (Lipinski definition) is 6. The molecule has 2 N–H and O–H groups in total. The number of nitrogens with two attached hydrogens (primary N) is 1. The van der Waals surface area contributed by atoms with Gasteiger partial charge in [0.1, 0.15) is 12.5 Å². The molecule has 3 rings (SSSR count). The monoisotopic (exact) mass is 397 g/mol. The van der Waals surface area contributed by atoms with Crippen LogP contribution >= 0.6 is 11.3 Å². The highest BCUT2D eigenvalue weighted by molar-refractivity contribution is 7.12. The Morgan fingerprint density at radius 2 is 1.61 bits per heavy atom. The first kappa shape index (κ1) is 23.3. The van der Waals surface area contributed by atoms with Crippen molar-refractivity contribution in [1.29, 1.82) is 0 Å². The highest BCUT2D eigenvalue weighted by Crippen LogP contribution is 2.30. The standard InChI is InChI=1S/C20H20N2OS.CH5N.CH2O/c1-12-5-7-16(8-6-12)20-15(4)24-19(21-20)11-17-9-14(3)18(22-23)10-13(17)2;2*1-2/h5-10H,11H2,1-4H3;2H2,1H3;1H2. The number of benzene rings is 2. The molecule has 1 aromatic heterocycles. The fourth-order valence-corrected chi connectivity index (χ4v) is 3.80. The van der Waals surface area contributed by atoms with Gasteiger partial charge in [-0.05, 0) is 62.7 Å². The molecule has 0 aliphatic rings. The maximum Gasteiger partial charge on any atom is 0.111 e. The summed E-state index contributed by atoms with van der Waals surface area (Å²) in [6.07, 6.45) is 0.781. The van der Waals surface area contributed by atoms with Crippen molar-refractivity contribution in [2.24, 2.45) is 10.9 Å². The van der Waals surface area contributed by atoms with Gasteiger partial charge in [-0.1, -0.05) is 35.9 Å². The van der Waals surface area contributed by atoms with Gasteiger partial charge < -0.3 is 10.5 Å². The first-order valence-corrected chi connectivity index (χ1v) is 9.63. The Bertz CT molecular complexity index is 918. The molecule has 2 aromatic carbocycles. The van der Waals surface area contributed by atoms with Crippen LogP contribution in [0.15, 0.2) is 41.6 Å². The van der Waals surface area contributed by atoms with Crippen LogP contribution in [0.1, 0.15) is 32.1 Å². The summed E-state index contributed by atoms with van der Waals surface area (Å²) in [6, 6.07) is 12.4. The first-order valence-electron chi connectivity index (χ1n) is 8.81. The zero-order valence-electron chi connectivity index (χ0n) is 17.1. The second-order valence-electron chi connectivity index (χ2n) is 6.21. The van der Waals surface area contributed by atoms with Gasteiger partial charge in [-0.2, -0.15) is 0 Å². The summed E-state index contributed by atoms with van der Waals surface area (Å²) in [5.41, 5.74) is 11.7. The number of thiazole rings is 1. The van der Waals surface area contributed by atoms with Gasteiger partial charge in [0.15, 0.2) is 0 Å². The van der Waals surface area contributed by atoms with Gasteiger partial charge in [-0.25, -0.2) is 4.98 Å². The SMILES string of the molecule is C=O.CN.Cc1ccc(-c2nc(Cc3cc(C)c(N=O)cc3C)sc2C)cc1. The lowest BCUT2D eigenvalue weighted by Crippen LogP contribution is -1.93. The van der Waals surface area contributed by atoms with E-state index in [4.69, 9.17) is 9.78 Å². The molecule has 0 radical (unpaired) electrons. The fraction of sp³-hybridized carbons (Fsp3) is 0.273. The highest BCUT2D eigenvalue weighted by atomic mass is 32.1. The van der Waals surface area contributed by atoms with Crippen molar-refractivity contribution >= 4 is 23.8 Å². The van der Waals surface area contributed by atoms with Gasteiger partial charge in [0.25, 0.3) is 0 Å². The minimum atomic E-state index is 0.520. The van der Waals surface area contributed by atoms with Crippen molar-refractivity contribution in [2.75, 3.05) is 7.05 Å². The lowest BCUT2D eigenvalue weighted by molar-refractivity contribution is -0.0979. The summed E-state index contributed by atoms with van der Waals surface area (Å²) < 4.78 is 0. The molecule has 0 amide bonds. The molecular weight excluding hydrogens is 370 g/mol. The van der Waals surface area contributed by atoms with Crippen LogP contribution in [0, 0.1) is 32.6 Å². The number of hydrogen-bond donors (Lipinski definition) is 1. The summed E-state index contributed by atoms with van der Waals surface area (Å²) in [7, 11) is 1.50. The molecule has 0 saturated heterocycles. The van der Waals surface area contributed by atoms with Gasteiger partial charge in [0, 0.05) is 16.9 Å². The second-order valence-corrected chi connectivity index (χ2v) is 7.50. The maximum atomic E-state index is 10.8. The van der Waals surface area contributed by atoms with E-state index in [-0.39, 0.29) is 0 Å². The molecule has 3 aromatic rings. The highest BCUT2D eigenvalue weighted by Gasteiger charge is 2.12. The smallest absolute Gasteiger partial charge is 0.111 e. The minimum absolute atomic E-state index is 0.520. The van der Waals surface area contributed by atoms with Gasteiger partial charge in [0.2, 0.25) is 0 Å². The molecular formula is C22H27N3O2S. The Kier molecular flexibility index (Phi) is 9.35. The average molecular weight is 398 g/mol. The van der Waals surface area contributed by atoms with E-state index in [2.05, 4.69) is 49.0 Å². The zero-order chi connectivity index (χ0) is 21.3. The second kappa shape index (κ2) is 11.2. The van der Waals surface area contributed by atoms with Crippen molar-refractivity contribution < 1.29 is 4.79 Å². The first-order chi connectivity index (χ1) is 13.5. The Hall–Kier alpha value is -2.70. The van der Waals surface area contributed by atoms with Crippen molar-refractivity contribution in [3.8, 4) is 11.3 Å². The van der Waals surface area contributed by atoms with Crippen LogP contribution in [0.5, 0.6) is 0 Å². The Morgan fingerprint density at radius 1 is 1.00 bits per heavy atom. The number of carbonyl (C=O) groups excluding carboxylic acids is 1. The molecule has 0 aliphatic carbocycles. The van der Waals surface area contributed by atoms with Crippen LogP contribution in [0.3, 0.4) is 0 Å². The van der Waals surface area contributed by atoms with Crippen molar-refractivity contribution in [3.63, 3.8) is 0 Å². The molecule has 0 aliphatic heterocycles. The van der Waals surface area contributed by atoms with E-state index >= 15 is 0 Å². The summed E-state index contributed by atoms with van der Waals surface area (Å²) in [4.78, 5) is 24.9. The predicted octanol–water partition coefficient (Wildman–Crippen LogP) is 5.42. The third-order valence-electron chi connectivity index (χ3n) is 4.26. The maximum absolute atomic E-state index is 10.8. The number of aryl methyl sites for hydroxylation is 4. The van der Waals surface area contributed by atoms with Crippen molar-refractivity contribution in [2.45, 2.75) is 34.1 Å². The predicted molar refractivity (Wildman–Crippen MR) is 118 cm³/mol. The van der Waals surface area contributed by atoms with E-state index in [1.54, 1.807) is 11.3 Å². The summed E-state index contributed by atoms with van der Waals surface area (Å²) in [6.45, 7) is 10.1. The van der Waals surface area contributed by atoms with Crippen LogP contribution in [0.25, 0.3) is 11.3 Å². The molecule has 0 atom stereocenters. The van der Waals surface area contributed by atoms with Gasteiger partial charge in [-0.3, -0.25) is 0 Å². The summed E-state index contributed by atoms with van der Waals surface area (Å²) in [5, 5.41) is 4.18. The molecule has 0 spiro atoms. The van der Waals surface area contributed by atoms with Crippen molar-refractivity contribution in [3.05, 3.63) is 73.4 Å². The number of nitroso groups, excluding NO2 is 1.